The molecular weight excluding hydrogens is 184 g/mol. The predicted octanol–water partition coefficient (Wildman–Crippen LogP) is 2.68. The zero-order chi connectivity index (χ0) is 10.4. The highest BCUT2D eigenvalue weighted by atomic mass is 14.9. The van der Waals surface area contributed by atoms with Crippen LogP contribution in [0.2, 0.25) is 0 Å². The second-order valence-corrected chi connectivity index (χ2v) is 4.42. The minimum atomic E-state index is 0.463. The molecule has 1 aliphatic heterocycles. The first-order valence-electron chi connectivity index (χ1n) is 5.61. The van der Waals surface area contributed by atoms with E-state index in [1.807, 2.05) is 0 Å². The number of aromatic amines is 1. The van der Waals surface area contributed by atoms with E-state index >= 15 is 0 Å². The lowest BCUT2D eigenvalue weighted by Gasteiger charge is -2.11. The largest absolute Gasteiger partial charge is 0.358 e. The van der Waals surface area contributed by atoms with Crippen molar-refractivity contribution in [3.63, 3.8) is 0 Å². The number of benzene rings is 1. The SMILES string of the molecule is Cc1[nH]c2cccc3c2c1CCNC3C. The molecule has 1 unspecified atom stereocenters. The van der Waals surface area contributed by atoms with Crippen molar-refractivity contribution in [3.05, 3.63) is 35.0 Å². The molecule has 1 aliphatic rings. The molecule has 15 heavy (non-hydrogen) atoms. The molecule has 2 heteroatoms. The average molecular weight is 200 g/mol. The topological polar surface area (TPSA) is 27.8 Å². The lowest BCUT2D eigenvalue weighted by molar-refractivity contribution is 0.588. The van der Waals surface area contributed by atoms with Crippen LogP contribution >= 0.6 is 0 Å². The molecule has 0 aliphatic carbocycles. The van der Waals surface area contributed by atoms with Gasteiger partial charge in [-0.25, -0.2) is 0 Å². The standard InChI is InChI=1S/C13H16N2/c1-8-10-4-3-5-12-13(10)11(6-7-14-8)9(2)15-12/h3-5,8,14-15H,6-7H2,1-2H3. The molecule has 2 nitrogen and oxygen atoms in total. The van der Waals surface area contributed by atoms with Crippen LogP contribution in [0.4, 0.5) is 0 Å². The van der Waals surface area contributed by atoms with Crippen LogP contribution in [0.5, 0.6) is 0 Å². The summed E-state index contributed by atoms with van der Waals surface area (Å²) in [6.45, 7) is 5.49. The lowest BCUT2D eigenvalue weighted by atomic mass is 10.0. The fraction of sp³-hybridized carbons (Fsp3) is 0.385. The first-order valence-corrected chi connectivity index (χ1v) is 5.61. The molecule has 0 saturated carbocycles. The maximum Gasteiger partial charge on any atom is 0.0462 e. The zero-order valence-electron chi connectivity index (χ0n) is 9.22. The molecule has 0 amide bonds. The van der Waals surface area contributed by atoms with Crippen molar-refractivity contribution in [2.75, 3.05) is 6.54 Å². The van der Waals surface area contributed by atoms with E-state index in [1.165, 1.54) is 27.7 Å². The van der Waals surface area contributed by atoms with Crippen molar-refractivity contribution >= 4 is 10.9 Å². The molecule has 1 atom stereocenters. The van der Waals surface area contributed by atoms with Gasteiger partial charge in [-0.15, -0.1) is 0 Å². The van der Waals surface area contributed by atoms with E-state index in [4.69, 9.17) is 0 Å². The molecule has 0 spiro atoms. The molecule has 0 bridgehead atoms. The molecule has 0 fully saturated rings. The number of rotatable bonds is 0. The van der Waals surface area contributed by atoms with Crippen LogP contribution in [-0.2, 0) is 6.42 Å². The third kappa shape index (κ3) is 1.21. The van der Waals surface area contributed by atoms with Gasteiger partial charge < -0.3 is 10.3 Å². The van der Waals surface area contributed by atoms with Gasteiger partial charge in [0.15, 0.2) is 0 Å². The number of H-pyrrole nitrogens is 1. The van der Waals surface area contributed by atoms with Crippen molar-refractivity contribution in [2.45, 2.75) is 26.3 Å². The summed E-state index contributed by atoms with van der Waals surface area (Å²) in [5, 5.41) is 5.00. The number of hydrogen-bond donors (Lipinski definition) is 2. The highest BCUT2D eigenvalue weighted by Crippen LogP contribution is 2.31. The van der Waals surface area contributed by atoms with E-state index in [1.54, 1.807) is 0 Å². The van der Waals surface area contributed by atoms with Gasteiger partial charge >= 0.3 is 0 Å². The Hall–Kier alpha value is -1.28. The number of hydrogen-bond acceptors (Lipinski definition) is 1. The number of nitrogens with one attached hydrogen (secondary N) is 2. The van der Waals surface area contributed by atoms with Crippen molar-refractivity contribution < 1.29 is 0 Å². The molecule has 0 radical (unpaired) electrons. The molecule has 1 aromatic heterocycles. The fourth-order valence-electron chi connectivity index (χ4n) is 2.67. The Morgan fingerprint density at radius 1 is 1.33 bits per heavy atom. The number of aryl methyl sites for hydroxylation is 1. The highest BCUT2D eigenvalue weighted by molar-refractivity contribution is 5.88. The maximum absolute atomic E-state index is 3.55. The summed E-state index contributed by atoms with van der Waals surface area (Å²) < 4.78 is 0. The Balaban J connectivity index is 2.41. The van der Waals surface area contributed by atoms with Gasteiger partial charge in [0, 0.05) is 22.6 Å². The minimum absolute atomic E-state index is 0.463. The molecule has 2 heterocycles. The monoisotopic (exact) mass is 200 g/mol. The van der Waals surface area contributed by atoms with E-state index < -0.39 is 0 Å². The normalized spacial score (nSPS) is 20.5. The van der Waals surface area contributed by atoms with E-state index in [0.717, 1.165) is 13.0 Å². The lowest BCUT2D eigenvalue weighted by Crippen LogP contribution is -2.19. The van der Waals surface area contributed by atoms with E-state index in [2.05, 4.69) is 42.3 Å². The van der Waals surface area contributed by atoms with Gasteiger partial charge in [-0.05, 0) is 44.0 Å². The highest BCUT2D eigenvalue weighted by Gasteiger charge is 2.18. The Labute approximate surface area is 89.7 Å². The van der Waals surface area contributed by atoms with Crippen LogP contribution in [0.3, 0.4) is 0 Å². The summed E-state index contributed by atoms with van der Waals surface area (Å²) >= 11 is 0. The first kappa shape index (κ1) is 8.98. The molecule has 0 saturated heterocycles. The van der Waals surface area contributed by atoms with E-state index in [-0.39, 0.29) is 0 Å². The molecule has 78 valence electrons. The van der Waals surface area contributed by atoms with Gasteiger partial charge in [0.25, 0.3) is 0 Å². The zero-order valence-corrected chi connectivity index (χ0v) is 9.22. The van der Waals surface area contributed by atoms with Gasteiger partial charge in [-0.3, -0.25) is 0 Å². The van der Waals surface area contributed by atoms with Gasteiger partial charge in [-0.2, -0.15) is 0 Å². The van der Waals surface area contributed by atoms with Gasteiger partial charge in [-0.1, -0.05) is 12.1 Å². The Morgan fingerprint density at radius 3 is 3.07 bits per heavy atom. The van der Waals surface area contributed by atoms with Crippen LogP contribution in [0.1, 0.15) is 29.8 Å². The van der Waals surface area contributed by atoms with Crippen LogP contribution in [0, 0.1) is 6.92 Å². The van der Waals surface area contributed by atoms with Crippen molar-refractivity contribution in [1.29, 1.82) is 0 Å². The van der Waals surface area contributed by atoms with Crippen molar-refractivity contribution in [2.24, 2.45) is 0 Å². The summed E-state index contributed by atoms with van der Waals surface area (Å²) in [5.74, 6) is 0. The van der Waals surface area contributed by atoms with Gasteiger partial charge in [0.2, 0.25) is 0 Å². The molecule has 2 aromatic rings. The minimum Gasteiger partial charge on any atom is -0.358 e. The molecule has 3 rings (SSSR count). The Bertz CT molecular complexity index is 510. The van der Waals surface area contributed by atoms with Crippen LogP contribution in [-0.4, -0.2) is 11.5 Å². The summed E-state index contributed by atoms with van der Waals surface area (Å²) in [4.78, 5) is 3.48. The maximum atomic E-state index is 3.55. The van der Waals surface area contributed by atoms with Crippen LogP contribution in [0.25, 0.3) is 10.9 Å². The van der Waals surface area contributed by atoms with Crippen molar-refractivity contribution in [1.82, 2.24) is 10.3 Å². The van der Waals surface area contributed by atoms with E-state index in [9.17, 15) is 0 Å². The van der Waals surface area contributed by atoms with Gasteiger partial charge in [0.1, 0.15) is 0 Å². The Morgan fingerprint density at radius 2 is 2.20 bits per heavy atom. The molecular formula is C13H16N2. The van der Waals surface area contributed by atoms with E-state index in [0.29, 0.717) is 6.04 Å². The second-order valence-electron chi connectivity index (χ2n) is 4.42. The predicted molar refractivity (Wildman–Crippen MR) is 63.2 cm³/mol. The molecule has 1 aromatic carbocycles. The van der Waals surface area contributed by atoms with Crippen LogP contribution in [0.15, 0.2) is 18.2 Å². The summed E-state index contributed by atoms with van der Waals surface area (Å²) in [6, 6.07) is 7.02. The third-order valence-corrected chi connectivity index (χ3v) is 3.47. The fourth-order valence-corrected chi connectivity index (χ4v) is 2.67. The second kappa shape index (κ2) is 3.11. The summed E-state index contributed by atoms with van der Waals surface area (Å²) in [7, 11) is 0. The quantitative estimate of drug-likeness (QED) is 0.672. The van der Waals surface area contributed by atoms with Crippen molar-refractivity contribution in [3.8, 4) is 0 Å². The Kier molecular flexibility index (Phi) is 1.86. The average Bonchev–Trinajstić information content (AvgIpc) is 2.43. The molecule has 2 N–H and O–H groups in total. The van der Waals surface area contributed by atoms with Gasteiger partial charge in [0.05, 0.1) is 0 Å². The van der Waals surface area contributed by atoms with Crippen LogP contribution < -0.4 is 5.32 Å². The smallest absolute Gasteiger partial charge is 0.0462 e. The number of aromatic nitrogens is 1. The first-order chi connectivity index (χ1) is 7.27. The third-order valence-electron chi connectivity index (χ3n) is 3.47. The summed E-state index contributed by atoms with van der Waals surface area (Å²) in [5.41, 5.74) is 5.55. The summed E-state index contributed by atoms with van der Waals surface area (Å²) in [6.07, 6.45) is 1.13.